The van der Waals surface area contributed by atoms with Gasteiger partial charge in [0.2, 0.25) is 35.4 Å². The average molecular weight is 878 g/mol. The van der Waals surface area contributed by atoms with Crippen molar-refractivity contribution in [2.75, 3.05) is 19.8 Å². The van der Waals surface area contributed by atoms with Gasteiger partial charge in [-0.2, -0.15) is 0 Å². The van der Waals surface area contributed by atoms with Crippen LogP contribution in [0.25, 0.3) is 0 Å². The van der Waals surface area contributed by atoms with Crippen LogP contribution in [0.4, 0.5) is 0 Å². The molecule has 0 radical (unpaired) electrons. The highest BCUT2D eigenvalue weighted by atomic mass is 16.5. The maximum absolute atomic E-state index is 13.3. The van der Waals surface area contributed by atoms with Crippen LogP contribution < -0.4 is 31.9 Å². The van der Waals surface area contributed by atoms with E-state index in [1.54, 1.807) is 5.32 Å². The number of hydrogen-bond acceptors (Lipinski definition) is 15. The molecular formula is C37H63N7O17. The molecule has 4 unspecified atom stereocenters. The molecule has 24 heteroatoms. The predicted octanol–water partition coefficient (Wildman–Crippen LogP) is -4.14. The van der Waals surface area contributed by atoms with Crippen molar-refractivity contribution >= 4 is 53.3 Å². The Balaban J connectivity index is 2.98. The zero-order valence-electron chi connectivity index (χ0n) is 34.4. The molecule has 0 spiro atoms. The summed E-state index contributed by atoms with van der Waals surface area (Å²) in [4.78, 5) is 113. The lowest BCUT2D eigenvalue weighted by molar-refractivity contribution is -0.173. The lowest BCUT2D eigenvalue weighted by Gasteiger charge is -2.30. The number of aliphatic hydroxyl groups is 5. The Labute approximate surface area is 352 Å². The quantitative estimate of drug-likeness (QED) is 0.0241. The van der Waals surface area contributed by atoms with Gasteiger partial charge in [-0.1, -0.05) is 71.1 Å². The van der Waals surface area contributed by atoms with E-state index < -0.39 is 121 Å². The number of carbonyl (C=O) groups excluding carboxylic acids is 7. The summed E-state index contributed by atoms with van der Waals surface area (Å²) in [7, 11) is 0. The van der Waals surface area contributed by atoms with Crippen LogP contribution in [0.15, 0.2) is 0 Å². The number of piperidine rings is 1. The number of hydrogen-bond donors (Lipinski definition) is 14. The third-order valence-corrected chi connectivity index (χ3v) is 9.75. The van der Waals surface area contributed by atoms with E-state index in [-0.39, 0.29) is 19.4 Å². The molecule has 24 nitrogen and oxygen atoms in total. The van der Waals surface area contributed by atoms with Gasteiger partial charge in [0.1, 0.15) is 36.3 Å². The number of carboxylic acid groups (broad SMARTS) is 2. The van der Waals surface area contributed by atoms with Crippen molar-refractivity contribution < 1.29 is 84.1 Å². The highest BCUT2D eigenvalue weighted by Gasteiger charge is 2.40. The number of hydroxylamine groups is 2. The summed E-state index contributed by atoms with van der Waals surface area (Å²) in [6, 6.07) is -11.9. The second-order valence-electron chi connectivity index (χ2n) is 14.8. The standard InChI is InChI=1S/C37H63N7O17/c1-3-4-5-6-7-8-9-10-11-12-13-16-24(48)41-26(28(49)36(57)58)33(54)40-23(19-46)31(52)43-27(29(50)37(59)60)34(55)42-25(20(2)47)32(53)39-22(18-45)30(51)38-21-15-14-17-44(61)35(21)56/h20-23,25-29,45-47,49-50,61H,3-19H2,1-2H3,(H,38,51)(H,39,53)(H,40,54)(H,41,48)(H,42,55)(H,43,52)(H,57,58)(H,59,60)/t20-,21-,22-,23-,25+,26?,27?,28?,29?/m0/s1. The minimum Gasteiger partial charge on any atom is -0.479 e. The highest BCUT2D eigenvalue weighted by Crippen LogP contribution is 2.13. The van der Waals surface area contributed by atoms with E-state index in [0.29, 0.717) is 24.3 Å². The minimum absolute atomic E-state index is 0.00501. The van der Waals surface area contributed by atoms with Crippen LogP contribution >= 0.6 is 0 Å². The second-order valence-corrected chi connectivity index (χ2v) is 14.8. The summed E-state index contributed by atoms with van der Waals surface area (Å²) in [5, 5.41) is 91.2. The monoisotopic (exact) mass is 877 g/mol. The van der Waals surface area contributed by atoms with Crippen LogP contribution in [-0.4, -0.2) is 174 Å². The van der Waals surface area contributed by atoms with Crippen molar-refractivity contribution in [3.8, 4) is 0 Å². The highest BCUT2D eigenvalue weighted by molar-refractivity contribution is 5.99. The zero-order valence-corrected chi connectivity index (χ0v) is 34.4. The molecule has 1 rings (SSSR count). The Hall–Kier alpha value is -5.01. The van der Waals surface area contributed by atoms with E-state index in [0.717, 1.165) is 39.0 Å². The molecule has 1 aliphatic rings. The van der Waals surface area contributed by atoms with Gasteiger partial charge >= 0.3 is 11.9 Å². The van der Waals surface area contributed by atoms with Gasteiger partial charge in [0.25, 0.3) is 5.91 Å². The van der Waals surface area contributed by atoms with Crippen LogP contribution in [0.3, 0.4) is 0 Å². The normalized spacial score (nSPS) is 17.9. The van der Waals surface area contributed by atoms with E-state index in [1.807, 2.05) is 16.0 Å². The molecular weight excluding hydrogens is 814 g/mol. The molecule has 0 bridgehead atoms. The summed E-state index contributed by atoms with van der Waals surface area (Å²) in [6.45, 7) is 0.744. The molecule has 61 heavy (non-hydrogen) atoms. The van der Waals surface area contributed by atoms with Gasteiger partial charge in [-0.05, 0) is 26.2 Å². The van der Waals surface area contributed by atoms with Gasteiger partial charge in [0, 0.05) is 13.0 Å². The Kier molecular flexibility index (Phi) is 25.2. The van der Waals surface area contributed by atoms with Crippen LogP contribution in [0.5, 0.6) is 0 Å². The van der Waals surface area contributed by atoms with Gasteiger partial charge in [-0.3, -0.25) is 38.8 Å². The lowest BCUT2D eigenvalue weighted by Crippen LogP contribution is -2.65. The third kappa shape index (κ3) is 19.1. The molecule has 0 aliphatic carbocycles. The molecule has 14 N–H and O–H groups in total. The van der Waals surface area contributed by atoms with E-state index >= 15 is 0 Å². The molecule has 0 aromatic rings. The maximum atomic E-state index is 13.3. The predicted molar refractivity (Wildman–Crippen MR) is 209 cm³/mol. The number of carboxylic acids is 2. The molecule has 1 saturated heterocycles. The Morgan fingerprint density at radius 3 is 1.52 bits per heavy atom. The van der Waals surface area contributed by atoms with Gasteiger partial charge in [0.15, 0.2) is 12.2 Å². The van der Waals surface area contributed by atoms with E-state index in [4.69, 9.17) is 0 Å². The maximum Gasteiger partial charge on any atom is 0.335 e. The van der Waals surface area contributed by atoms with Crippen LogP contribution in [-0.2, 0) is 43.2 Å². The Morgan fingerprint density at radius 1 is 0.623 bits per heavy atom. The fourth-order valence-electron chi connectivity index (χ4n) is 6.13. The average Bonchev–Trinajstić information content (AvgIpc) is 3.21. The summed E-state index contributed by atoms with van der Waals surface area (Å²) in [5.74, 6) is -12.9. The molecule has 348 valence electrons. The van der Waals surface area contributed by atoms with Gasteiger partial charge in [-0.25, -0.2) is 14.7 Å². The number of nitrogens with zero attached hydrogens (tertiary/aromatic N) is 1. The molecule has 0 saturated carbocycles. The minimum atomic E-state index is -2.79. The van der Waals surface area contributed by atoms with Gasteiger partial charge in [-0.15, -0.1) is 0 Å². The lowest BCUT2D eigenvalue weighted by atomic mass is 10.0. The molecule has 7 amide bonds. The first-order valence-corrected chi connectivity index (χ1v) is 20.3. The summed E-state index contributed by atoms with van der Waals surface area (Å²) in [6.07, 6.45) is 3.98. The number of aliphatic hydroxyl groups excluding tert-OH is 5. The number of rotatable bonds is 30. The fraction of sp³-hybridized carbons (Fsp3) is 0.757. The first-order chi connectivity index (χ1) is 28.8. The van der Waals surface area contributed by atoms with Crippen molar-refractivity contribution in [3.05, 3.63) is 0 Å². The number of amides is 7. The Bertz CT molecular complexity index is 1480. The number of nitrogens with one attached hydrogen (secondary N) is 6. The van der Waals surface area contributed by atoms with Gasteiger partial charge in [0.05, 0.1) is 19.3 Å². The van der Waals surface area contributed by atoms with Crippen LogP contribution in [0.2, 0.25) is 0 Å². The topological polar surface area (TPSA) is 391 Å². The van der Waals surface area contributed by atoms with E-state index in [2.05, 4.69) is 17.6 Å². The molecule has 1 aliphatic heterocycles. The van der Waals surface area contributed by atoms with Crippen LogP contribution in [0, 0.1) is 0 Å². The number of unbranched alkanes of at least 4 members (excludes halogenated alkanes) is 10. The van der Waals surface area contributed by atoms with Crippen molar-refractivity contribution in [2.45, 2.75) is 158 Å². The second kappa shape index (κ2) is 28.5. The fourth-order valence-corrected chi connectivity index (χ4v) is 6.13. The number of carbonyl (C=O) groups is 9. The largest absolute Gasteiger partial charge is 0.479 e. The summed E-state index contributed by atoms with van der Waals surface area (Å²) >= 11 is 0. The van der Waals surface area contributed by atoms with Crippen LogP contribution in [0.1, 0.15) is 104 Å². The van der Waals surface area contributed by atoms with E-state index in [9.17, 15) is 84.1 Å². The molecule has 1 heterocycles. The van der Waals surface area contributed by atoms with Crippen molar-refractivity contribution in [2.24, 2.45) is 0 Å². The third-order valence-electron chi connectivity index (χ3n) is 9.75. The van der Waals surface area contributed by atoms with Crippen molar-refractivity contribution in [1.29, 1.82) is 0 Å². The molecule has 0 aromatic carbocycles. The van der Waals surface area contributed by atoms with E-state index in [1.165, 1.54) is 25.7 Å². The Morgan fingerprint density at radius 2 is 1.05 bits per heavy atom. The molecule has 1 fully saturated rings. The smallest absolute Gasteiger partial charge is 0.335 e. The van der Waals surface area contributed by atoms with Crippen molar-refractivity contribution in [1.82, 2.24) is 37.0 Å². The van der Waals surface area contributed by atoms with Gasteiger partial charge < -0.3 is 67.6 Å². The first kappa shape index (κ1) is 54.0. The zero-order chi connectivity index (χ0) is 46.2. The van der Waals surface area contributed by atoms with Crippen molar-refractivity contribution in [3.63, 3.8) is 0 Å². The number of aliphatic carboxylic acids is 2. The summed E-state index contributed by atoms with van der Waals surface area (Å²) < 4.78 is 0. The molecule has 9 atom stereocenters. The summed E-state index contributed by atoms with van der Waals surface area (Å²) in [5.41, 5.74) is 0. The first-order valence-electron chi connectivity index (χ1n) is 20.3. The SMILES string of the molecule is CCCCCCCCCCCCCC(=O)NC(C(=O)N[C@@H](CO)C(=O)NC(C(=O)N[C@@H](C(=O)N[C@@H](CO)C(=O)N[C@H]1CCCN(O)C1=O)[C@H](C)O)C(O)C(=O)O)C(O)C(=O)O. The molecule has 0 aromatic heterocycles.